The Labute approximate surface area is 138 Å². The van der Waals surface area contributed by atoms with Crippen molar-refractivity contribution in [2.75, 3.05) is 21.3 Å². The molecule has 0 amide bonds. The number of aromatic nitrogens is 1. The van der Waals surface area contributed by atoms with Gasteiger partial charge in [0.1, 0.15) is 11.6 Å². The number of rotatable bonds is 5. The highest BCUT2D eigenvalue weighted by atomic mass is 19.1. The predicted octanol–water partition coefficient (Wildman–Crippen LogP) is 4.43. The summed E-state index contributed by atoms with van der Waals surface area (Å²) in [6.07, 6.45) is 0. The van der Waals surface area contributed by atoms with E-state index in [-0.39, 0.29) is 5.82 Å². The Hall–Kier alpha value is -2.89. The van der Waals surface area contributed by atoms with Gasteiger partial charge in [0.05, 0.1) is 32.5 Å². The Morgan fingerprint density at radius 2 is 1.54 bits per heavy atom. The number of nitrogens with one attached hydrogen (secondary N) is 1. The third-order valence-electron chi connectivity index (χ3n) is 3.75. The van der Waals surface area contributed by atoms with Crippen molar-refractivity contribution < 1.29 is 23.3 Å². The first-order valence-electron chi connectivity index (χ1n) is 7.33. The van der Waals surface area contributed by atoms with Crippen LogP contribution < -0.4 is 18.9 Å². The third-order valence-corrected chi connectivity index (χ3v) is 3.75. The van der Waals surface area contributed by atoms with Crippen molar-refractivity contribution in [3.05, 3.63) is 41.8 Å². The molecule has 0 unspecified atom stereocenters. The molecule has 1 N–H and O–H groups in total. The van der Waals surface area contributed by atoms with E-state index in [0.29, 0.717) is 34.3 Å². The zero-order chi connectivity index (χ0) is 17.3. The van der Waals surface area contributed by atoms with Crippen LogP contribution in [0.5, 0.6) is 28.7 Å². The second-order valence-corrected chi connectivity index (χ2v) is 5.23. The van der Waals surface area contributed by atoms with Crippen molar-refractivity contribution in [2.24, 2.45) is 0 Å². The van der Waals surface area contributed by atoms with Crippen LogP contribution in [0.2, 0.25) is 0 Å². The molecule has 0 radical (unpaired) electrons. The summed E-state index contributed by atoms with van der Waals surface area (Å²) in [5.41, 5.74) is 1.47. The molecule has 0 fully saturated rings. The number of aromatic amines is 1. The monoisotopic (exact) mass is 331 g/mol. The summed E-state index contributed by atoms with van der Waals surface area (Å²) < 4.78 is 35.4. The largest absolute Gasteiger partial charge is 0.493 e. The van der Waals surface area contributed by atoms with Gasteiger partial charge in [-0.05, 0) is 25.1 Å². The molecular weight excluding hydrogens is 313 g/mol. The van der Waals surface area contributed by atoms with Crippen LogP contribution in [0.3, 0.4) is 0 Å². The van der Waals surface area contributed by atoms with Crippen molar-refractivity contribution >= 4 is 10.9 Å². The Balaban J connectivity index is 2.07. The van der Waals surface area contributed by atoms with Gasteiger partial charge >= 0.3 is 0 Å². The summed E-state index contributed by atoms with van der Waals surface area (Å²) in [6.45, 7) is 1.87. The van der Waals surface area contributed by atoms with E-state index in [4.69, 9.17) is 18.9 Å². The number of ether oxygens (including phenoxy) is 4. The van der Waals surface area contributed by atoms with E-state index in [0.717, 1.165) is 11.1 Å². The van der Waals surface area contributed by atoms with Gasteiger partial charge in [0.15, 0.2) is 17.2 Å². The highest BCUT2D eigenvalue weighted by Gasteiger charge is 2.17. The number of methoxy groups -OCH3 is 3. The summed E-state index contributed by atoms with van der Waals surface area (Å²) in [7, 11) is 4.63. The average molecular weight is 331 g/mol. The van der Waals surface area contributed by atoms with Crippen LogP contribution in [0, 0.1) is 12.7 Å². The molecule has 0 bridgehead atoms. The highest BCUT2D eigenvalue weighted by molar-refractivity contribution is 5.88. The van der Waals surface area contributed by atoms with Gasteiger partial charge in [-0.25, -0.2) is 4.39 Å². The number of benzene rings is 2. The standard InChI is InChI=1S/C18H18FNO4/c1-10-17(13-6-5-11(19)7-14(13)20-10)24-12-8-15(21-2)18(23-4)16(9-12)22-3/h5-9,20H,1-4H3. The number of H-pyrrole nitrogens is 1. The first-order chi connectivity index (χ1) is 11.6. The van der Waals surface area contributed by atoms with E-state index in [1.54, 1.807) is 39.5 Å². The molecule has 126 valence electrons. The molecule has 0 aliphatic carbocycles. The minimum atomic E-state index is -0.303. The number of aryl methyl sites for hydroxylation is 1. The predicted molar refractivity (Wildman–Crippen MR) is 89.2 cm³/mol. The fourth-order valence-electron chi connectivity index (χ4n) is 2.64. The lowest BCUT2D eigenvalue weighted by Crippen LogP contribution is -1.96. The summed E-state index contributed by atoms with van der Waals surface area (Å²) in [4.78, 5) is 3.12. The fraction of sp³-hybridized carbons (Fsp3) is 0.222. The minimum absolute atomic E-state index is 0.303. The molecule has 24 heavy (non-hydrogen) atoms. The molecule has 0 atom stereocenters. The number of fused-ring (bicyclic) bond motifs is 1. The lowest BCUT2D eigenvalue weighted by atomic mass is 10.2. The van der Waals surface area contributed by atoms with Gasteiger partial charge in [-0.3, -0.25) is 0 Å². The molecule has 0 saturated carbocycles. The van der Waals surface area contributed by atoms with Crippen LogP contribution in [-0.2, 0) is 0 Å². The topological polar surface area (TPSA) is 52.7 Å². The Morgan fingerprint density at radius 1 is 0.875 bits per heavy atom. The fourth-order valence-corrected chi connectivity index (χ4v) is 2.64. The second kappa shape index (κ2) is 6.31. The van der Waals surface area contributed by atoms with Crippen LogP contribution in [0.25, 0.3) is 10.9 Å². The van der Waals surface area contributed by atoms with E-state index in [1.807, 2.05) is 6.92 Å². The van der Waals surface area contributed by atoms with Gasteiger partial charge < -0.3 is 23.9 Å². The van der Waals surface area contributed by atoms with Crippen LogP contribution in [0.1, 0.15) is 5.69 Å². The Kier molecular flexibility index (Phi) is 4.20. The maximum atomic E-state index is 13.4. The van der Waals surface area contributed by atoms with Crippen LogP contribution >= 0.6 is 0 Å². The molecule has 6 heteroatoms. The molecule has 0 aliphatic heterocycles. The lowest BCUT2D eigenvalue weighted by Gasteiger charge is -2.14. The Bertz CT molecular complexity index is 863. The number of halogens is 1. The summed E-state index contributed by atoms with van der Waals surface area (Å²) >= 11 is 0. The molecule has 1 aromatic heterocycles. The highest BCUT2D eigenvalue weighted by Crippen LogP contribution is 2.43. The first kappa shape index (κ1) is 16.0. The third kappa shape index (κ3) is 2.71. The van der Waals surface area contributed by atoms with Crippen LogP contribution in [0.4, 0.5) is 4.39 Å². The van der Waals surface area contributed by atoms with Gasteiger partial charge in [0.2, 0.25) is 5.75 Å². The van der Waals surface area contributed by atoms with Crippen molar-refractivity contribution in [1.29, 1.82) is 0 Å². The van der Waals surface area contributed by atoms with Gasteiger partial charge in [0.25, 0.3) is 0 Å². The molecule has 0 aliphatic rings. The lowest BCUT2D eigenvalue weighted by molar-refractivity contribution is 0.321. The minimum Gasteiger partial charge on any atom is -0.493 e. The molecule has 1 heterocycles. The molecule has 0 saturated heterocycles. The first-order valence-corrected chi connectivity index (χ1v) is 7.33. The molecule has 0 spiro atoms. The van der Waals surface area contributed by atoms with E-state index in [2.05, 4.69) is 4.98 Å². The zero-order valence-corrected chi connectivity index (χ0v) is 13.9. The molecule has 3 aromatic rings. The molecular formula is C18H18FNO4. The van der Waals surface area contributed by atoms with E-state index >= 15 is 0 Å². The van der Waals surface area contributed by atoms with Crippen molar-refractivity contribution in [3.8, 4) is 28.7 Å². The maximum absolute atomic E-state index is 13.4. The summed E-state index contributed by atoms with van der Waals surface area (Å²) in [5.74, 6) is 2.33. The zero-order valence-electron chi connectivity index (χ0n) is 13.9. The smallest absolute Gasteiger partial charge is 0.203 e. The maximum Gasteiger partial charge on any atom is 0.203 e. The molecule has 2 aromatic carbocycles. The number of hydrogen-bond donors (Lipinski definition) is 1. The molecule has 5 nitrogen and oxygen atoms in total. The van der Waals surface area contributed by atoms with Crippen molar-refractivity contribution in [1.82, 2.24) is 4.98 Å². The average Bonchev–Trinajstić information content (AvgIpc) is 2.88. The van der Waals surface area contributed by atoms with Crippen molar-refractivity contribution in [3.63, 3.8) is 0 Å². The summed E-state index contributed by atoms with van der Waals surface area (Å²) in [5, 5.41) is 0.794. The second-order valence-electron chi connectivity index (χ2n) is 5.23. The number of hydrogen-bond acceptors (Lipinski definition) is 4. The van der Waals surface area contributed by atoms with Gasteiger partial charge in [-0.1, -0.05) is 0 Å². The SMILES string of the molecule is COc1cc(Oc2c(C)[nH]c3cc(F)ccc23)cc(OC)c1OC. The van der Waals surface area contributed by atoms with Crippen molar-refractivity contribution in [2.45, 2.75) is 6.92 Å². The van der Waals surface area contributed by atoms with E-state index in [1.165, 1.54) is 12.1 Å². The normalized spacial score (nSPS) is 10.7. The quantitative estimate of drug-likeness (QED) is 0.751. The van der Waals surface area contributed by atoms with E-state index in [9.17, 15) is 4.39 Å². The van der Waals surface area contributed by atoms with Crippen LogP contribution in [-0.4, -0.2) is 26.3 Å². The Morgan fingerprint density at radius 3 is 2.12 bits per heavy atom. The van der Waals surface area contributed by atoms with E-state index < -0.39 is 0 Å². The van der Waals surface area contributed by atoms with Gasteiger partial charge in [-0.15, -0.1) is 0 Å². The summed E-state index contributed by atoms with van der Waals surface area (Å²) in [6, 6.07) is 7.94. The van der Waals surface area contributed by atoms with Gasteiger partial charge in [0, 0.05) is 17.5 Å². The van der Waals surface area contributed by atoms with Gasteiger partial charge in [-0.2, -0.15) is 0 Å². The van der Waals surface area contributed by atoms with Crippen LogP contribution in [0.15, 0.2) is 30.3 Å². The molecule has 3 rings (SSSR count).